The van der Waals surface area contributed by atoms with Gasteiger partial charge in [0, 0.05) is 12.1 Å². The van der Waals surface area contributed by atoms with Gasteiger partial charge in [0.05, 0.1) is 0 Å². The van der Waals surface area contributed by atoms with Crippen LogP contribution in [-0.2, 0) is 11.3 Å². The molecule has 5 heteroatoms. The van der Waals surface area contributed by atoms with Crippen LogP contribution >= 0.6 is 0 Å². The molecule has 19 heavy (non-hydrogen) atoms. The number of nitrogens with one attached hydrogen (secondary N) is 2. The number of hydrogen-bond acceptors (Lipinski definition) is 3. The van der Waals surface area contributed by atoms with Gasteiger partial charge in [-0.1, -0.05) is 12.1 Å². The number of carbonyl (C=O) groups excluding carboxylic acids is 1. The Morgan fingerprint density at radius 2 is 2.05 bits per heavy atom. The van der Waals surface area contributed by atoms with Crippen molar-refractivity contribution in [1.82, 2.24) is 5.32 Å². The number of ether oxygens (including phenoxy) is 1. The van der Waals surface area contributed by atoms with Gasteiger partial charge >= 0.3 is 6.09 Å². The molecule has 5 nitrogen and oxygen atoms in total. The summed E-state index contributed by atoms with van der Waals surface area (Å²) in [5.74, 6) is 0.0368. The first-order chi connectivity index (χ1) is 8.69. The summed E-state index contributed by atoms with van der Waals surface area (Å²) in [6, 6.07) is 5.44. The molecule has 0 saturated carbocycles. The van der Waals surface area contributed by atoms with Crippen molar-refractivity contribution in [2.75, 3.05) is 0 Å². The first-order valence-corrected chi connectivity index (χ1v) is 6.10. The Kier molecular flexibility index (Phi) is 4.53. The summed E-state index contributed by atoms with van der Waals surface area (Å²) in [5.41, 5.74) is 7.54. The monoisotopic (exact) mass is 263 g/mol. The highest BCUT2D eigenvalue weighted by Crippen LogP contribution is 2.11. The molecule has 0 heterocycles. The molecule has 0 aliphatic carbocycles. The average Bonchev–Trinajstić information content (AvgIpc) is 2.24. The van der Waals surface area contributed by atoms with Crippen molar-refractivity contribution in [3.63, 3.8) is 0 Å². The maximum absolute atomic E-state index is 11.5. The smallest absolute Gasteiger partial charge is 0.407 e. The van der Waals surface area contributed by atoms with Crippen molar-refractivity contribution in [3.05, 3.63) is 34.9 Å². The zero-order valence-electron chi connectivity index (χ0n) is 11.8. The van der Waals surface area contributed by atoms with E-state index < -0.39 is 11.7 Å². The lowest BCUT2D eigenvalue weighted by molar-refractivity contribution is 0.0523. The molecule has 0 aromatic heterocycles. The Labute approximate surface area is 113 Å². The van der Waals surface area contributed by atoms with Crippen molar-refractivity contribution < 1.29 is 9.53 Å². The van der Waals surface area contributed by atoms with E-state index in [1.165, 1.54) is 0 Å². The summed E-state index contributed by atoms with van der Waals surface area (Å²) < 4.78 is 5.16. The van der Waals surface area contributed by atoms with E-state index in [2.05, 4.69) is 5.32 Å². The molecular formula is C14H21N3O2. The van der Waals surface area contributed by atoms with Crippen molar-refractivity contribution in [2.45, 2.75) is 39.8 Å². The van der Waals surface area contributed by atoms with E-state index >= 15 is 0 Å². The van der Waals surface area contributed by atoms with Gasteiger partial charge in [0.1, 0.15) is 11.4 Å². The van der Waals surface area contributed by atoms with Crippen LogP contribution in [0.3, 0.4) is 0 Å². The van der Waals surface area contributed by atoms with Crippen LogP contribution in [-0.4, -0.2) is 17.5 Å². The van der Waals surface area contributed by atoms with Gasteiger partial charge in [-0.2, -0.15) is 0 Å². The highest BCUT2D eigenvalue weighted by Gasteiger charge is 2.15. The normalized spacial score (nSPS) is 10.9. The zero-order chi connectivity index (χ0) is 14.6. The molecule has 4 N–H and O–H groups in total. The molecule has 0 aliphatic heterocycles. The van der Waals surface area contributed by atoms with E-state index in [9.17, 15) is 4.79 Å². The van der Waals surface area contributed by atoms with Gasteiger partial charge < -0.3 is 15.8 Å². The second kappa shape index (κ2) is 5.73. The first kappa shape index (κ1) is 15.0. The van der Waals surface area contributed by atoms with Crippen molar-refractivity contribution >= 4 is 11.9 Å². The summed E-state index contributed by atoms with van der Waals surface area (Å²) in [7, 11) is 0. The van der Waals surface area contributed by atoms with Crippen LogP contribution in [0.25, 0.3) is 0 Å². The van der Waals surface area contributed by atoms with Crippen molar-refractivity contribution in [2.24, 2.45) is 5.73 Å². The van der Waals surface area contributed by atoms with Gasteiger partial charge in [-0.05, 0) is 44.9 Å². The maximum atomic E-state index is 11.5. The van der Waals surface area contributed by atoms with Crippen LogP contribution in [0.4, 0.5) is 4.79 Å². The van der Waals surface area contributed by atoms with Gasteiger partial charge in [0.25, 0.3) is 0 Å². The number of alkyl carbamates (subject to hydrolysis) is 1. The van der Waals surface area contributed by atoms with Gasteiger partial charge in [0.2, 0.25) is 0 Å². The molecule has 0 radical (unpaired) electrons. The summed E-state index contributed by atoms with van der Waals surface area (Å²) in [5, 5.41) is 10.1. The molecule has 1 aromatic carbocycles. The molecule has 104 valence electrons. The maximum Gasteiger partial charge on any atom is 0.407 e. The van der Waals surface area contributed by atoms with Crippen molar-refractivity contribution in [1.29, 1.82) is 5.41 Å². The molecule has 0 saturated heterocycles. The minimum absolute atomic E-state index is 0.0368. The molecule has 1 rings (SSSR count). The molecule has 0 unspecified atom stereocenters. The number of rotatable bonds is 3. The van der Waals surface area contributed by atoms with E-state index in [0.29, 0.717) is 12.1 Å². The van der Waals surface area contributed by atoms with Gasteiger partial charge in [-0.25, -0.2) is 4.79 Å². The van der Waals surface area contributed by atoms with Gasteiger partial charge in [-0.15, -0.1) is 0 Å². The quantitative estimate of drug-likeness (QED) is 0.577. The first-order valence-electron chi connectivity index (χ1n) is 6.10. The summed E-state index contributed by atoms with van der Waals surface area (Å²) in [6.45, 7) is 7.76. The van der Waals surface area contributed by atoms with E-state index in [1.807, 2.05) is 39.8 Å². The number of benzene rings is 1. The highest BCUT2D eigenvalue weighted by molar-refractivity contribution is 5.95. The number of nitrogens with two attached hydrogens (primary N) is 1. The Hall–Kier alpha value is -2.04. The number of amidine groups is 1. The topological polar surface area (TPSA) is 88.2 Å². The lowest BCUT2D eigenvalue weighted by atomic mass is 10.0. The van der Waals surface area contributed by atoms with Gasteiger partial charge in [0.15, 0.2) is 0 Å². The molecule has 0 bridgehead atoms. The second-order valence-corrected chi connectivity index (χ2v) is 5.41. The summed E-state index contributed by atoms with van der Waals surface area (Å²) in [6.07, 6.45) is -0.442. The van der Waals surface area contributed by atoms with E-state index in [4.69, 9.17) is 15.9 Å². The van der Waals surface area contributed by atoms with Gasteiger partial charge in [-0.3, -0.25) is 5.41 Å². The fraction of sp³-hybridized carbons (Fsp3) is 0.429. The van der Waals surface area contributed by atoms with Crippen LogP contribution < -0.4 is 11.1 Å². The van der Waals surface area contributed by atoms with Crippen LogP contribution in [0.15, 0.2) is 18.2 Å². The average molecular weight is 263 g/mol. The number of amides is 1. The number of nitrogen functional groups attached to an aromatic ring is 1. The Morgan fingerprint density at radius 3 is 2.53 bits per heavy atom. The van der Waals surface area contributed by atoms with Crippen LogP contribution in [0.2, 0.25) is 0 Å². The predicted octanol–water partition coefficient (Wildman–Crippen LogP) is 2.30. The molecule has 0 atom stereocenters. The third kappa shape index (κ3) is 4.99. The molecular weight excluding hydrogens is 242 g/mol. The third-order valence-corrected chi connectivity index (χ3v) is 2.48. The fourth-order valence-corrected chi connectivity index (χ4v) is 1.54. The highest BCUT2D eigenvalue weighted by atomic mass is 16.6. The van der Waals surface area contributed by atoms with Crippen LogP contribution in [0.5, 0.6) is 0 Å². The van der Waals surface area contributed by atoms with E-state index in [1.54, 1.807) is 6.07 Å². The van der Waals surface area contributed by atoms with Crippen LogP contribution in [0.1, 0.15) is 37.5 Å². The number of aryl methyl sites for hydroxylation is 1. The van der Waals surface area contributed by atoms with Crippen molar-refractivity contribution in [3.8, 4) is 0 Å². The van der Waals surface area contributed by atoms with E-state index in [-0.39, 0.29) is 5.84 Å². The zero-order valence-corrected chi connectivity index (χ0v) is 11.8. The molecule has 0 fully saturated rings. The molecule has 0 spiro atoms. The van der Waals surface area contributed by atoms with Crippen LogP contribution in [0, 0.1) is 12.3 Å². The third-order valence-electron chi connectivity index (χ3n) is 2.48. The molecule has 0 aliphatic rings. The standard InChI is InChI=1S/C14H21N3O2/c1-9-7-10(12(15)16)5-6-11(9)8-17-13(18)19-14(2,3)4/h5-7H,8H2,1-4H3,(H3,15,16)(H,17,18). The van der Waals surface area contributed by atoms with E-state index in [0.717, 1.165) is 11.1 Å². The second-order valence-electron chi connectivity index (χ2n) is 5.41. The lowest BCUT2D eigenvalue weighted by Gasteiger charge is -2.20. The number of carbonyl (C=O) groups is 1. The SMILES string of the molecule is Cc1cc(C(=N)N)ccc1CNC(=O)OC(C)(C)C. The minimum atomic E-state index is -0.502. The molecule has 1 amide bonds. The fourth-order valence-electron chi connectivity index (χ4n) is 1.54. The Balaban J connectivity index is 2.64. The summed E-state index contributed by atoms with van der Waals surface area (Å²) in [4.78, 5) is 11.5. The minimum Gasteiger partial charge on any atom is -0.444 e. The molecule has 1 aromatic rings. The lowest BCUT2D eigenvalue weighted by Crippen LogP contribution is -2.32. The largest absolute Gasteiger partial charge is 0.444 e. The Morgan fingerprint density at radius 1 is 1.42 bits per heavy atom. The Bertz CT molecular complexity index is 490. The predicted molar refractivity (Wildman–Crippen MR) is 75.3 cm³/mol. The summed E-state index contributed by atoms with van der Waals surface area (Å²) >= 11 is 0. The number of hydrogen-bond donors (Lipinski definition) is 3.